The quantitative estimate of drug-likeness (QED) is 0.781. The largest absolute Gasteiger partial charge is 0.496 e. The van der Waals surface area contributed by atoms with Gasteiger partial charge in [0.05, 0.1) is 24.6 Å². The minimum absolute atomic E-state index is 0.302. The lowest BCUT2D eigenvalue weighted by Crippen LogP contribution is -2.11. The number of hydrogen-bond acceptors (Lipinski definition) is 5. The number of amides is 1. The van der Waals surface area contributed by atoms with Crippen molar-refractivity contribution in [2.24, 2.45) is 0 Å². The topological polar surface area (TPSA) is 64.4 Å². The van der Waals surface area contributed by atoms with E-state index in [4.69, 9.17) is 9.15 Å². The lowest BCUT2D eigenvalue weighted by molar-refractivity contribution is 0.102. The van der Waals surface area contributed by atoms with E-state index in [1.807, 2.05) is 0 Å². The van der Waals surface area contributed by atoms with Crippen LogP contribution in [0.1, 0.15) is 16.1 Å². The number of nitrogens with zero attached hydrogens (tertiary/aromatic N) is 1. The van der Waals surface area contributed by atoms with Crippen molar-refractivity contribution in [1.29, 1.82) is 0 Å². The van der Waals surface area contributed by atoms with Crippen molar-refractivity contribution < 1.29 is 18.3 Å². The van der Waals surface area contributed by atoms with Crippen LogP contribution in [0, 0.1) is 12.7 Å². The Hall–Kier alpha value is -2.67. The molecule has 3 rings (SSSR count). The maximum absolute atomic E-state index is 13.5. The first-order valence-electron chi connectivity index (χ1n) is 6.73. The fourth-order valence-corrected chi connectivity index (χ4v) is 2.83. The second-order valence-corrected chi connectivity index (χ2v) is 5.59. The van der Waals surface area contributed by atoms with Gasteiger partial charge in [0, 0.05) is 10.9 Å². The molecule has 0 aliphatic heterocycles. The number of carbonyl (C=O) groups excluding carboxylic acids is 1. The van der Waals surface area contributed by atoms with Crippen LogP contribution in [0.3, 0.4) is 0 Å². The van der Waals surface area contributed by atoms with Gasteiger partial charge >= 0.3 is 0 Å². The van der Waals surface area contributed by atoms with Crippen molar-refractivity contribution in [3.05, 3.63) is 53.0 Å². The van der Waals surface area contributed by atoms with E-state index < -0.39 is 0 Å². The van der Waals surface area contributed by atoms with Crippen LogP contribution in [0.5, 0.6) is 5.75 Å². The Morgan fingerprint density at radius 1 is 1.39 bits per heavy atom. The van der Waals surface area contributed by atoms with Gasteiger partial charge in [-0.2, -0.15) is 0 Å². The maximum atomic E-state index is 13.5. The van der Waals surface area contributed by atoms with Gasteiger partial charge in [0.15, 0.2) is 5.13 Å². The number of carbonyl (C=O) groups is 1. The number of aromatic nitrogens is 1. The fraction of sp³-hybridized carbons (Fsp3) is 0.125. The maximum Gasteiger partial charge on any atom is 0.260 e. The molecule has 1 aromatic carbocycles. The number of anilines is 1. The van der Waals surface area contributed by atoms with Gasteiger partial charge in [-0.15, -0.1) is 11.3 Å². The number of benzene rings is 1. The van der Waals surface area contributed by atoms with E-state index in [0.717, 1.165) is 0 Å². The Bertz CT molecular complexity index is 857. The normalized spacial score (nSPS) is 10.6. The predicted octanol–water partition coefficient (Wildman–Crippen LogP) is 4.11. The Morgan fingerprint density at radius 2 is 2.22 bits per heavy atom. The predicted molar refractivity (Wildman–Crippen MR) is 85.5 cm³/mol. The molecular formula is C16H13FN2O3S. The summed E-state index contributed by atoms with van der Waals surface area (Å²) in [6.45, 7) is 1.71. The molecule has 0 aliphatic rings. The van der Waals surface area contributed by atoms with Crippen molar-refractivity contribution >= 4 is 22.4 Å². The van der Waals surface area contributed by atoms with Crippen molar-refractivity contribution in [3.63, 3.8) is 0 Å². The zero-order valence-electron chi connectivity index (χ0n) is 12.4. The van der Waals surface area contributed by atoms with Gasteiger partial charge in [-0.3, -0.25) is 10.1 Å². The van der Waals surface area contributed by atoms with E-state index in [1.165, 1.54) is 42.9 Å². The molecular weight excluding hydrogens is 319 g/mol. The summed E-state index contributed by atoms with van der Waals surface area (Å²) >= 11 is 1.25. The van der Waals surface area contributed by atoms with E-state index in [9.17, 15) is 9.18 Å². The van der Waals surface area contributed by atoms with Gasteiger partial charge in [0.1, 0.15) is 17.3 Å². The number of hydrogen-bond donors (Lipinski definition) is 1. The number of methoxy groups -OCH3 is 1. The summed E-state index contributed by atoms with van der Waals surface area (Å²) in [5, 5.41) is 4.85. The molecule has 0 aliphatic carbocycles. The minimum atomic E-state index is -0.381. The molecule has 0 unspecified atom stereocenters. The zero-order chi connectivity index (χ0) is 16.4. The molecule has 7 heteroatoms. The summed E-state index contributed by atoms with van der Waals surface area (Å²) in [7, 11) is 1.51. The van der Waals surface area contributed by atoms with E-state index in [0.29, 0.717) is 33.5 Å². The van der Waals surface area contributed by atoms with Gasteiger partial charge in [-0.1, -0.05) is 0 Å². The monoisotopic (exact) mass is 332 g/mol. The number of halogens is 1. The van der Waals surface area contributed by atoms with Gasteiger partial charge in [0.2, 0.25) is 0 Å². The van der Waals surface area contributed by atoms with Crippen molar-refractivity contribution in [2.45, 2.75) is 6.92 Å². The van der Waals surface area contributed by atoms with Crippen LogP contribution < -0.4 is 10.1 Å². The third kappa shape index (κ3) is 3.09. The number of rotatable bonds is 4. The van der Waals surface area contributed by atoms with Crippen LogP contribution in [-0.4, -0.2) is 18.0 Å². The summed E-state index contributed by atoms with van der Waals surface area (Å²) < 4.78 is 23.8. The first-order valence-corrected chi connectivity index (χ1v) is 7.61. The molecule has 0 saturated heterocycles. The van der Waals surface area contributed by atoms with Crippen LogP contribution in [0.25, 0.3) is 11.3 Å². The van der Waals surface area contributed by atoms with Gasteiger partial charge in [-0.05, 0) is 31.2 Å². The van der Waals surface area contributed by atoms with Crippen molar-refractivity contribution in [2.75, 3.05) is 12.4 Å². The molecule has 0 spiro atoms. The SMILES string of the molecule is COc1ccc(F)cc1-c1csc(NC(=O)c2ccoc2C)n1. The first kappa shape index (κ1) is 15.2. The molecule has 5 nitrogen and oxygen atoms in total. The van der Waals surface area contributed by atoms with E-state index >= 15 is 0 Å². The highest BCUT2D eigenvalue weighted by molar-refractivity contribution is 7.14. The van der Waals surface area contributed by atoms with Crippen molar-refractivity contribution in [3.8, 4) is 17.0 Å². The first-order chi connectivity index (χ1) is 11.1. The standard InChI is InChI=1S/C16H13FN2O3S/c1-9-11(5-6-22-9)15(20)19-16-18-13(8-23-16)12-7-10(17)3-4-14(12)21-2/h3-8H,1-2H3,(H,18,19,20). The highest BCUT2D eigenvalue weighted by Gasteiger charge is 2.15. The summed E-state index contributed by atoms with van der Waals surface area (Å²) in [4.78, 5) is 16.4. The number of thiazole rings is 1. The summed E-state index contributed by atoms with van der Waals surface area (Å²) in [5.41, 5.74) is 1.51. The second kappa shape index (κ2) is 6.21. The lowest BCUT2D eigenvalue weighted by atomic mass is 10.1. The zero-order valence-corrected chi connectivity index (χ0v) is 13.2. The average Bonchev–Trinajstić information content (AvgIpc) is 3.16. The number of ether oxygens (including phenoxy) is 1. The third-order valence-electron chi connectivity index (χ3n) is 3.27. The highest BCUT2D eigenvalue weighted by atomic mass is 32.1. The highest BCUT2D eigenvalue weighted by Crippen LogP contribution is 2.32. The summed E-state index contributed by atoms with van der Waals surface area (Å²) in [5.74, 6) is 0.364. The molecule has 23 heavy (non-hydrogen) atoms. The van der Waals surface area contributed by atoms with Crippen LogP contribution in [0.4, 0.5) is 9.52 Å². The molecule has 0 fully saturated rings. The molecule has 0 atom stereocenters. The molecule has 2 heterocycles. The number of aryl methyl sites for hydroxylation is 1. The van der Waals surface area contributed by atoms with Gasteiger partial charge < -0.3 is 9.15 Å². The number of nitrogens with one attached hydrogen (secondary N) is 1. The molecule has 1 N–H and O–H groups in total. The lowest BCUT2D eigenvalue weighted by Gasteiger charge is -2.05. The minimum Gasteiger partial charge on any atom is -0.496 e. The second-order valence-electron chi connectivity index (χ2n) is 4.73. The Kier molecular flexibility index (Phi) is 4.12. The molecule has 3 aromatic rings. The molecule has 2 aromatic heterocycles. The Balaban J connectivity index is 1.85. The van der Waals surface area contributed by atoms with E-state index in [1.54, 1.807) is 18.4 Å². The van der Waals surface area contributed by atoms with Crippen LogP contribution in [-0.2, 0) is 0 Å². The summed E-state index contributed by atoms with van der Waals surface area (Å²) in [6, 6.07) is 5.80. The van der Waals surface area contributed by atoms with Crippen molar-refractivity contribution in [1.82, 2.24) is 4.98 Å². The molecule has 0 saturated carbocycles. The van der Waals surface area contributed by atoms with Crippen LogP contribution in [0.2, 0.25) is 0 Å². The fourth-order valence-electron chi connectivity index (χ4n) is 2.12. The molecule has 0 bridgehead atoms. The number of furan rings is 1. The molecule has 0 radical (unpaired) electrons. The molecule has 118 valence electrons. The Labute approximate surface area is 135 Å². The van der Waals surface area contributed by atoms with E-state index in [-0.39, 0.29) is 11.7 Å². The smallest absolute Gasteiger partial charge is 0.260 e. The summed E-state index contributed by atoms with van der Waals surface area (Å²) in [6.07, 6.45) is 1.45. The average molecular weight is 332 g/mol. The third-order valence-corrected chi connectivity index (χ3v) is 4.02. The Morgan fingerprint density at radius 3 is 2.91 bits per heavy atom. The van der Waals surface area contributed by atoms with Crippen LogP contribution >= 0.6 is 11.3 Å². The van der Waals surface area contributed by atoms with Gasteiger partial charge in [-0.25, -0.2) is 9.37 Å². The van der Waals surface area contributed by atoms with Gasteiger partial charge in [0.25, 0.3) is 5.91 Å². The van der Waals surface area contributed by atoms with E-state index in [2.05, 4.69) is 10.3 Å². The molecule has 1 amide bonds. The van der Waals surface area contributed by atoms with Crippen LogP contribution in [0.15, 0.2) is 40.3 Å².